The van der Waals surface area contributed by atoms with Gasteiger partial charge in [0.25, 0.3) is 0 Å². The van der Waals surface area contributed by atoms with Crippen molar-refractivity contribution in [1.82, 2.24) is 0 Å². The highest BCUT2D eigenvalue weighted by molar-refractivity contribution is 6.38. The minimum absolute atomic E-state index is 0.00217. The van der Waals surface area contributed by atoms with Gasteiger partial charge >= 0.3 is 0 Å². The van der Waals surface area contributed by atoms with E-state index in [9.17, 15) is 9.60 Å². The van der Waals surface area contributed by atoms with E-state index in [2.05, 4.69) is 5.16 Å². The lowest BCUT2D eigenvalue weighted by Gasteiger charge is -2.11. The molecular formula is C14H10Cl2FNO2. The van der Waals surface area contributed by atoms with E-state index in [1.165, 1.54) is 37.4 Å². The summed E-state index contributed by atoms with van der Waals surface area (Å²) in [5.74, 6) is -0.144. The molecule has 0 spiro atoms. The fourth-order valence-corrected chi connectivity index (χ4v) is 2.26. The van der Waals surface area contributed by atoms with Crippen molar-refractivity contribution in [2.24, 2.45) is 5.16 Å². The maximum atomic E-state index is 13.8. The molecule has 2 aromatic rings. The highest BCUT2D eigenvalue weighted by Crippen LogP contribution is 2.32. The molecule has 0 bridgehead atoms. The van der Waals surface area contributed by atoms with Crippen molar-refractivity contribution >= 4 is 28.9 Å². The van der Waals surface area contributed by atoms with Crippen LogP contribution in [0.5, 0.6) is 5.75 Å². The Morgan fingerprint density at radius 3 is 2.45 bits per heavy atom. The van der Waals surface area contributed by atoms with Crippen LogP contribution in [-0.4, -0.2) is 18.0 Å². The Balaban J connectivity index is 2.60. The molecule has 0 atom stereocenters. The zero-order valence-corrected chi connectivity index (χ0v) is 11.9. The first-order valence-electron chi connectivity index (χ1n) is 5.58. The van der Waals surface area contributed by atoms with Crippen LogP contribution in [0.25, 0.3) is 0 Å². The van der Waals surface area contributed by atoms with Gasteiger partial charge in [0.1, 0.15) is 17.3 Å². The number of hydrogen-bond donors (Lipinski definition) is 1. The molecular weight excluding hydrogens is 304 g/mol. The number of benzene rings is 2. The van der Waals surface area contributed by atoms with Gasteiger partial charge in [-0.05, 0) is 18.2 Å². The molecule has 6 heteroatoms. The second kappa shape index (κ2) is 6.11. The summed E-state index contributed by atoms with van der Waals surface area (Å²) in [5.41, 5.74) is 0.431. The molecule has 2 aromatic carbocycles. The third-order valence-corrected chi connectivity index (χ3v) is 3.33. The Kier molecular flexibility index (Phi) is 4.47. The molecule has 104 valence electrons. The standard InChI is InChI=1S/C14H10Cl2FNO2/c1-20-13-7-10(15)9(6-11(13)16)14(18-19)8-4-2-3-5-12(8)17/h2-7,19H,1H3. The van der Waals surface area contributed by atoms with Crippen LogP contribution in [0.4, 0.5) is 4.39 Å². The molecule has 0 heterocycles. The molecule has 0 aromatic heterocycles. The van der Waals surface area contributed by atoms with Crippen molar-refractivity contribution in [3.63, 3.8) is 0 Å². The van der Waals surface area contributed by atoms with Crippen molar-refractivity contribution in [1.29, 1.82) is 0 Å². The Labute approximate surface area is 125 Å². The van der Waals surface area contributed by atoms with Crippen molar-refractivity contribution in [2.75, 3.05) is 7.11 Å². The van der Waals surface area contributed by atoms with Crippen molar-refractivity contribution in [3.8, 4) is 5.75 Å². The topological polar surface area (TPSA) is 41.8 Å². The van der Waals surface area contributed by atoms with Crippen LogP contribution in [0, 0.1) is 5.82 Å². The smallest absolute Gasteiger partial charge is 0.138 e. The van der Waals surface area contributed by atoms with E-state index in [1.807, 2.05) is 0 Å². The van der Waals surface area contributed by atoms with Crippen LogP contribution in [0.1, 0.15) is 11.1 Å². The molecule has 2 rings (SSSR count). The summed E-state index contributed by atoms with van der Waals surface area (Å²) >= 11 is 12.1. The number of methoxy groups -OCH3 is 1. The summed E-state index contributed by atoms with van der Waals surface area (Å²) in [6.07, 6.45) is 0. The fraction of sp³-hybridized carbons (Fsp3) is 0.0714. The Bertz CT molecular complexity index is 674. The molecule has 0 fully saturated rings. The van der Waals surface area contributed by atoms with E-state index < -0.39 is 5.82 Å². The summed E-state index contributed by atoms with van der Waals surface area (Å²) in [4.78, 5) is 0. The van der Waals surface area contributed by atoms with Gasteiger partial charge in [0.15, 0.2) is 0 Å². The van der Waals surface area contributed by atoms with Gasteiger partial charge < -0.3 is 9.94 Å². The number of hydrogen-bond acceptors (Lipinski definition) is 3. The van der Waals surface area contributed by atoms with Gasteiger partial charge in [0, 0.05) is 17.2 Å². The first-order chi connectivity index (χ1) is 9.58. The Morgan fingerprint density at radius 1 is 1.15 bits per heavy atom. The quantitative estimate of drug-likeness (QED) is 0.519. The van der Waals surface area contributed by atoms with Gasteiger partial charge in [0.2, 0.25) is 0 Å². The van der Waals surface area contributed by atoms with Gasteiger partial charge in [-0.1, -0.05) is 40.5 Å². The van der Waals surface area contributed by atoms with Crippen molar-refractivity contribution in [3.05, 3.63) is 63.4 Å². The lowest BCUT2D eigenvalue weighted by molar-refractivity contribution is 0.319. The summed E-state index contributed by atoms with van der Waals surface area (Å²) in [6, 6.07) is 8.85. The van der Waals surface area contributed by atoms with Crippen LogP contribution in [-0.2, 0) is 0 Å². The largest absolute Gasteiger partial charge is 0.495 e. The van der Waals surface area contributed by atoms with E-state index in [0.717, 1.165) is 0 Å². The first kappa shape index (κ1) is 14.6. The van der Waals surface area contributed by atoms with E-state index in [-0.39, 0.29) is 21.3 Å². The first-order valence-corrected chi connectivity index (χ1v) is 6.34. The molecule has 3 nitrogen and oxygen atoms in total. The number of halogens is 3. The normalized spacial score (nSPS) is 11.5. The predicted molar refractivity (Wildman–Crippen MR) is 76.8 cm³/mol. The summed E-state index contributed by atoms with van der Waals surface area (Å²) in [7, 11) is 1.45. The van der Waals surface area contributed by atoms with Gasteiger partial charge in [0.05, 0.1) is 17.2 Å². The van der Waals surface area contributed by atoms with Crippen molar-refractivity contribution in [2.45, 2.75) is 0 Å². The van der Waals surface area contributed by atoms with Crippen LogP contribution in [0.2, 0.25) is 10.0 Å². The van der Waals surface area contributed by atoms with Crippen LogP contribution in [0.3, 0.4) is 0 Å². The molecule has 1 N–H and O–H groups in total. The van der Waals surface area contributed by atoms with Gasteiger partial charge in [-0.2, -0.15) is 0 Å². The van der Waals surface area contributed by atoms with E-state index in [4.69, 9.17) is 27.9 Å². The van der Waals surface area contributed by atoms with E-state index in [1.54, 1.807) is 6.07 Å². The minimum atomic E-state index is -0.525. The molecule has 0 aliphatic heterocycles. The molecule has 20 heavy (non-hydrogen) atoms. The third kappa shape index (κ3) is 2.71. The summed E-state index contributed by atoms with van der Waals surface area (Å²) in [5, 5.41) is 12.8. The number of ether oxygens (including phenoxy) is 1. The van der Waals surface area contributed by atoms with Crippen molar-refractivity contribution < 1.29 is 14.3 Å². The average molecular weight is 314 g/mol. The molecule has 0 saturated heterocycles. The van der Waals surface area contributed by atoms with Crippen LogP contribution in [0.15, 0.2) is 41.6 Å². The highest BCUT2D eigenvalue weighted by atomic mass is 35.5. The minimum Gasteiger partial charge on any atom is -0.495 e. The van der Waals surface area contributed by atoms with Gasteiger partial charge in [-0.25, -0.2) is 4.39 Å². The maximum Gasteiger partial charge on any atom is 0.138 e. The number of rotatable bonds is 3. The highest BCUT2D eigenvalue weighted by Gasteiger charge is 2.17. The zero-order chi connectivity index (χ0) is 14.7. The van der Waals surface area contributed by atoms with E-state index in [0.29, 0.717) is 11.3 Å². The number of nitrogens with zero attached hydrogens (tertiary/aromatic N) is 1. The van der Waals surface area contributed by atoms with Crippen LogP contribution >= 0.6 is 23.2 Å². The summed E-state index contributed by atoms with van der Waals surface area (Å²) in [6.45, 7) is 0. The Morgan fingerprint density at radius 2 is 1.85 bits per heavy atom. The second-order valence-corrected chi connectivity index (χ2v) is 4.71. The molecule has 0 amide bonds. The van der Waals surface area contributed by atoms with E-state index >= 15 is 0 Å². The Hall–Kier alpha value is -1.78. The monoisotopic (exact) mass is 313 g/mol. The third-order valence-electron chi connectivity index (χ3n) is 2.73. The number of oxime groups is 1. The maximum absolute atomic E-state index is 13.8. The second-order valence-electron chi connectivity index (χ2n) is 3.90. The fourth-order valence-electron chi connectivity index (χ4n) is 1.77. The average Bonchev–Trinajstić information content (AvgIpc) is 2.45. The molecule has 0 unspecified atom stereocenters. The van der Waals surface area contributed by atoms with Gasteiger partial charge in [-0.15, -0.1) is 0 Å². The molecule has 0 saturated carbocycles. The predicted octanol–water partition coefficient (Wildman–Crippen LogP) is 4.37. The lowest BCUT2D eigenvalue weighted by Crippen LogP contribution is -2.07. The lowest BCUT2D eigenvalue weighted by atomic mass is 10.0. The SMILES string of the molecule is COc1cc(Cl)c(C(=NO)c2ccccc2F)cc1Cl. The molecule has 0 aliphatic carbocycles. The summed E-state index contributed by atoms with van der Waals surface area (Å²) < 4.78 is 18.8. The van der Waals surface area contributed by atoms with Gasteiger partial charge in [-0.3, -0.25) is 0 Å². The molecule has 0 radical (unpaired) electrons. The van der Waals surface area contributed by atoms with Crippen LogP contribution < -0.4 is 4.74 Å². The zero-order valence-electron chi connectivity index (χ0n) is 10.4. The molecule has 0 aliphatic rings.